The van der Waals surface area contributed by atoms with Gasteiger partial charge in [0.05, 0.1) is 25.1 Å². The highest BCUT2D eigenvalue weighted by atomic mass is 16.4. The van der Waals surface area contributed by atoms with E-state index in [2.05, 4.69) is 57.2 Å². The zero-order valence-electron chi connectivity index (χ0n) is 37.3. The average Bonchev–Trinajstić information content (AvgIpc) is 3.99. The molecule has 7 amide bonds. The number of carbonyl (C=O) groups is 9. The Morgan fingerprint density at radius 1 is 0.515 bits per heavy atom. The number of nitrogens with one attached hydrogen (secondary N) is 9. The highest BCUT2D eigenvalue weighted by molar-refractivity contribution is 5.97. The number of carboxylic acids is 2. The van der Waals surface area contributed by atoms with Crippen LogP contribution < -0.4 is 60.2 Å². The molecule has 0 unspecified atom stereocenters. The van der Waals surface area contributed by atoms with Crippen LogP contribution in [0.15, 0.2) is 25.0 Å². The molecule has 0 spiro atoms. The molecule has 368 valence electrons. The van der Waals surface area contributed by atoms with Crippen molar-refractivity contribution in [3.63, 3.8) is 0 Å². The SMILES string of the molecule is C[C@H](NC(=O)[C@H](Cc1cnc[nH]1)NC(=O)[C@H](CCCCN)NC(=O)[C@H](CCCCN)NC(=O)[C@H](Cc1cnc[nH]1)NC(=O)[C@H](C)NC(=O)[C@@H](N)CCCCN)C(=O)N[C@@H](CC(=O)O)C(=O)O. The zero-order valence-corrected chi connectivity index (χ0v) is 37.3. The van der Waals surface area contributed by atoms with Crippen LogP contribution in [0.5, 0.6) is 0 Å². The number of nitrogens with two attached hydrogens (primary N) is 4. The average molecular weight is 934 g/mol. The fraction of sp³-hybridized carbons (Fsp3) is 0.625. The standard InChI is InChI=1S/C40H67N15O11/c1-22(49-35(60)26(44)9-3-6-12-41)33(58)53-30(16-25-19-46-21-48-25)39(64)52-27(10-4-7-13-42)36(61)51-28(11-5-8-14-43)37(62)54-29(15-24-18-45-20-47-24)38(63)50-23(2)34(59)55-31(40(65)66)17-32(56)57/h18-23,26-31H,3-17,41-44H2,1-2H3,(H,45,47)(H,46,48)(H,49,60)(H,50,63)(H,51,61)(H,52,64)(H,53,58)(H,54,62)(H,55,59)(H,56,57)(H,65,66)/t22-,23-,26-,27-,28-,29-,30-,31-/m0/s1. The second kappa shape index (κ2) is 29.8. The molecule has 0 aliphatic heterocycles. The van der Waals surface area contributed by atoms with Crippen molar-refractivity contribution in [1.82, 2.24) is 57.2 Å². The summed E-state index contributed by atoms with van der Waals surface area (Å²) >= 11 is 0. The summed E-state index contributed by atoms with van der Waals surface area (Å²) in [5, 5.41) is 36.0. The summed E-state index contributed by atoms with van der Waals surface area (Å²) in [6.45, 7) is 3.61. The summed E-state index contributed by atoms with van der Waals surface area (Å²) in [6, 6.07) is -10.4. The smallest absolute Gasteiger partial charge is 0.326 e. The van der Waals surface area contributed by atoms with Gasteiger partial charge in [0.15, 0.2) is 0 Å². The minimum atomic E-state index is -1.79. The third-order valence-electron chi connectivity index (χ3n) is 10.2. The number of aliphatic carboxylic acids is 2. The van der Waals surface area contributed by atoms with E-state index in [1.165, 1.54) is 38.9 Å². The van der Waals surface area contributed by atoms with Crippen LogP contribution in [0.4, 0.5) is 0 Å². The summed E-state index contributed by atoms with van der Waals surface area (Å²) in [6.07, 6.45) is 7.70. The van der Waals surface area contributed by atoms with Gasteiger partial charge >= 0.3 is 11.9 Å². The first-order valence-electron chi connectivity index (χ1n) is 21.8. The molecule has 0 fully saturated rings. The number of aromatic amines is 2. The summed E-state index contributed by atoms with van der Waals surface area (Å²) in [5.74, 6) is -8.67. The van der Waals surface area contributed by atoms with E-state index < -0.39 is 108 Å². The lowest BCUT2D eigenvalue weighted by Crippen LogP contribution is -2.60. The van der Waals surface area contributed by atoms with E-state index in [4.69, 9.17) is 28.0 Å². The number of hydrogen-bond acceptors (Lipinski definition) is 15. The van der Waals surface area contributed by atoms with Crippen molar-refractivity contribution in [3.05, 3.63) is 36.4 Å². The monoisotopic (exact) mass is 934 g/mol. The molecule has 2 aromatic heterocycles. The minimum absolute atomic E-state index is 0.0361. The van der Waals surface area contributed by atoms with Crippen molar-refractivity contribution in [3.8, 4) is 0 Å². The van der Waals surface area contributed by atoms with Gasteiger partial charge in [-0.15, -0.1) is 0 Å². The molecular weight excluding hydrogens is 867 g/mol. The Labute approximate surface area is 381 Å². The van der Waals surface area contributed by atoms with Gasteiger partial charge in [-0.2, -0.15) is 0 Å². The van der Waals surface area contributed by atoms with Crippen LogP contribution in [0.2, 0.25) is 0 Å². The van der Waals surface area contributed by atoms with Gasteiger partial charge in [0.2, 0.25) is 41.4 Å². The van der Waals surface area contributed by atoms with Crippen LogP contribution in [0.25, 0.3) is 0 Å². The van der Waals surface area contributed by atoms with Crippen LogP contribution >= 0.6 is 0 Å². The quantitative estimate of drug-likeness (QED) is 0.0301. The number of imidazole rings is 2. The Balaban J connectivity index is 2.34. The number of carbonyl (C=O) groups excluding carboxylic acids is 7. The summed E-state index contributed by atoms with van der Waals surface area (Å²) in [5.41, 5.74) is 23.8. The number of amides is 7. The maximum atomic E-state index is 14.1. The van der Waals surface area contributed by atoms with Crippen molar-refractivity contribution < 1.29 is 53.4 Å². The van der Waals surface area contributed by atoms with E-state index in [9.17, 15) is 48.3 Å². The topological polar surface area (TPSA) is 440 Å². The molecular formula is C40H67N15O11. The van der Waals surface area contributed by atoms with Gasteiger partial charge < -0.3 is 80.3 Å². The Bertz CT molecular complexity index is 1870. The van der Waals surface area contributed by atoms with Crippen molar-refractivity contribution in [1.29, 1.82) is 0 Å². The van der Waals surface area contributed by atoms with E-state index in [0.717, 1.165) is 0 Å². The Morgan fingerprint density at radius 3 is 1.27 bits per heavy atom. The molecule has 0 aliphatic rings. The third kappa shape index (κ3) is 20.5. The van der Waals surface area contributed by atoms with Crippen LogP contribution in [0.1, 0.15) is 89.4 Å². The van der Waals surface area contributed by atoms with Gasteiger partial charge in [-0.05, 0) is 84.8 Å². The first-order chi connectivity index (χ1) is 31.4. The van der Waals surface area contributed by atoms with Gasteiger partial charge in [0.25, 0.3) is 0 Å². The first kappa shape index (κ1) is 55.6. The third-order valence-corrected chi connectivity index (χ3v) is 10.2. The normalized spacial score (nSPS) is 14.7. The van der Waals surface area contributed by atoms with Crippen LogP contribution in [-0.4, -0.2) is 151 Å². The predicted octanol–water partition coefficient (Wildman–Crippen LogP) is -4.38. The maximum absolute atomic E-state index is 14.1. The lowest BCUT2D eigenvalue weighted by molar-refractivity contribution is -0.147. The first-order valence-corrected chi connectivity index (χ1v) is 21.8. The summed E-state index contributed by atoms with van der Waals surface area (Å²) < 4.78 is 0. The van der Waals surface area contributed by atoms with Crippen LogP contribution in [0.3, 0.4) is 0 Å². The van der Waals surface area contributed by atoms with E-state index in [-0.39, 0.29) is 38.8 Å². The molecule has 2 heterocycles. The van der Waals surface area contributed by atoms with E-state index in [1.807, 2.05) is 0 Å². The van der Waals surface area contributed by atoms with Crippen molar-refractivity contribution in [2.75, 3.05) is 19.6 Å². The van der Waals surface area contributed by atoms with E-state index in [0.29, 0.717) is 62.9 Å². The Kier molecular flexibility index (Phi) is 25.1. The number of rotatable bonds is 33. The summed E-state index contributed by atoms with van der Waals surface area (Å²) in [4.78, 5) is 131. The number of unbranched alkanes of at least 4 members (excludes halogenated alkanes) is 3. The number of hydrogen-bond donors (Lipinski definition) is 15. The van der Waals surface area contributed by atoms with E-state index in [1.54, 1.807) is 0 Å². The lowest BCUT2D eigenvalue weighted by atomic mass is 10.0. The Morgan fingerprint density at radius 2 is 0.879 bits per heavy atom. The number of nitrogens with zero attached hydrogens (tertiary/aromatic N) is 2. The molecule has 8 atom stereocenters. The maximum Gasteiger partial charge on any atom is 0.326 e. The second-order valence-corrected chi connectivity index (χ2v) is 15.7. The lowest BCUT2D eigenvalue weighted by Gasteiger charge is -2.27. The molecule has 2 aromatic rings. The largest absolute Gasteiger partial charge is 0.481 e. The van der Waals surface area contributed by atoms with Crippen LogP contribution in [0, 0.1) is 0 Å². The molecule has 0 aromatic carbocycles. The van der Waals surface area contributed by atoms with Crippen molar-refractivity contribution in [2.45, 2.75) is 139 Å². The van der Waals surface area contributed by atoms with Crippen LogP contribution in [-0.2, 0) is 56.0 Å². The molecule has 0 radical (unpaired) electrons. The molecule has 19 N–H and O–H groups in total. The van der Waals surface area contributed by atoms with Gasteiger partial charge in [-0.3, -0.25) is 38.4 Å². The molecule has 26 heteroatoms. The highest BCUT2D eigenvalue weighted by Gasteiger charge is 2.34. The number of aromatic nitrogens is 4. The zero-order chi connectivity index (χ0) is 49.2. The molecule has 0 bridgehead atoms. The predicted molar refractivity (Wildman–Crippen MR) is 236 cm³/mol. The van der Waals surface area contributed by atoms with Gasteiger partial charge in [0, 0.05) is 36.6 Å². The molecule has 26 nitrogen and oxygen atoms in total. The number of H-pyrrole nitrogens is 2. The fourth-order valence-electron chi connectivity index (χ4n) is 6.36. The molecule has 66 heavy (non-hydrogen) atoms. The molecule has 0 aliphatic carbocycles. The summed E-state index contributed by atoms with van der Waals surface area (Å²) in [7, 11) is 0. The molecule has 0 saturated heterocycles. The molecule has 0 saturated carbocycles. The number of carboxylic acid groups (broad SMARTS) is 2. The Hall–Kier alpha value is -6.51. The van der Waals surface area contributed by atoms with Gasteiger partial charge in [-0.25, -0.2) is 14.8 Å². The second-order valence-electron chi connectivity index (χ2n) is 15.7. The molecule has 2 rings (SSSR count). The van der Waals surface area contributed by atoms with Gasteiger partial charge in [-0.1, -0.05) is 6.42 Å². The fourth-order valence-corrected chi connectivity index (χ4v) is 6.36. The van der Waals surface area contributed by atoms with E-state index >= 15 is 0 Å². The van der Waals surface area contributed by atoms with Gasteiger partial charge in [0.1, 0.15) is 42.3 Å². The van der Waals surface area contributed by atoms with Crippen molar-refractivity contribution in [2.24, 2.45) is 22.9 Å². The highest BCUT2D eigenvalue weighted by Crippen LogP contribution is 2.10. The minimum Gasteiger partial charge on any atom is -0.481 e. The van der Waals surface area contributed by atoms with Crippen molar-refractivity contribution >= 4 is 53.3 Å².